The standard InChI is InChI=1S/C16H15N3S/c1-3-7-13(8-4-1)16(14-9-5-2-6-10-14)17-11-15-12-20-19-18-15/h1-10,12,16-17H,11H2. The second kappa shape index (κ2) is 6.41. The van der Waals surface area contributed by atoms with Crippen LogP contribution in [0.5, 0.6) is 0 Å². The van der Waals surface area contributed by atoms with Gasteiger partial charge in [0.15, 0.2) is 0 Å². The van der Waals surface area contributed by atoms with Gasteiger partial charge < -0.3 is 5.32 Å². The molecule has 0 saturated heterocycles. The molecule has 2 aromatic carbocycles. The van der Waals surface area contributed by atoms with E-state index in [9.17, 15) is 0 Å². The van der Waals surface area contributed by atoms with Gasteiger partial charge in [0.2, 0.25) is 0 Å². The summed E-state index contributed by atoms with van der Waals surface area (Å²) >= 11 is 1.38. The minimum Gasteiger partial charge on any atom is -0.300 e. The molecule has 100 valence electrons. The van der Waals surface area contributed by atoms with Gasteiger partial charge in [-0.2, -0.15) is 0 Å². The summed E-state index contributed by atoms with van der Waals surface area (Å²) in [6, 6.07) is 21.1. The average Bonchev–Trinajstić information content (AvgIpc) is 3.03. The van der Waals surface area contributed by atoms with Gasteiger partial charge >= 0.3 is 0 Å². The Morgan fingerprint density at radius 1 is 0.900 bits per heavy atom. The first-order chi connectivity index (χ1) is 9.93. The van der Waals surface area contributed by atoms with Gasteiger partial charge in [-0.05, 0) is 22.7 Å². The van der Waals surface area contributed by atoms with Crippen molar-refractivity contribution in [2.45, 2.75) is 12.6 Å². The highest BCUT2D eigenvalue weighted by Gasteiger charge is 2.13. The Morgan fingerprint density at radius 3 is 2.00 bits per heavy atom. The molecule has 1 aromatic heterocycles. The second-order valence-corrected chi connectivity index (χ2v) is 5.14. The van der Waals surface area contributed by atoms with Gasteiger partial charge in [0.05, 0.1) is 11.7 Å². The zero-order chi connectivity index (χ0) is 13.6. The van der Waals surface area contributed by atoms with E-state index in [1.54, 1.807) is 0 Å². The van der Waals surface area contributed by atoms with Gasteiger partial charge in [0.25, 0.3) is 0 Å². The molecule has 0 aliphatic carbocycles. The van der Waals surface area contributed by atoms with Crippen molar-refractivity contribution in [1.29, 1.82) is 0 Å². The molecule has 1 N–H and O–H groups in total. The van der Waals surface area contributed by atoms with Crippen LogP contribution in [-0.2, 0) is 6.54 Å². The van der Waals surface area contributed by atoms with E-state index < -0.39 is 0 Å². The highest BCUT2D eigenvalue weighted by molar-refractivity contribution is 7.03. The zero-order valence-corrected chi connectivity index (χ0v) is 11.8. The van der Waals surface area contributed by atoms with Crippen LogP contribution < -0.4 is 5.32 Å². The summed E-state index contributed by atoms with van der Waals surface area (Å²) in [6.07, 6.45) is 0. The van der Waals surface area contributed by atoms with E-state index >= 15 is 0 Å². The molecule has 0 radical (unpaired) electrons. The van der Waals surface area contributed by atoms with E-state index in [4.69, 9.17) is 0 Å². The fraction of sp³-hybridized carbons (Fsp3) is 0.125. The normalized spacial score (nSPS) is 10.8. The van der Waals surface area contributed by atoms with Crippen molar-refractivity contribution < 1.29 is 0 Å². The maximum Gasteiger partial charge on any atom is 0.0893 e. The fourth-order valence-corrected chi connectivity index (χ4v) is 2.64. The Hall–Kier alpha value is -2.04. The summed E-state index contributed by atoms with van der Waals surface area (Å²) in [5.74, 6) is 0. The Morgan fingerprint density at radius 2 is 1.50 bits per heavy atom. The van der Waals surface area contributed by atoms with Crippen molar-refractivity contribution in [3.8, 4) is 0 Å². The molecule has 20 heavy (non-hydrogen) atoms. The quantitative estimate of drug-likeness (QED) is 0.778. The van der Waals surface area contributed by atoms with Crippen LogP contribution in [0.15, 0.2) is 66.0 Å². The molecule has 4 heteroatoms. The van der Waals surface area contributed by atoms with Crippen molar-refractivity contribution in [1.82, 2.24) is 14.9 Å². The number of rotatable bonds is 5. The molecule has 3 aromatic rings. The number of benzene rings is 2. The monoisotopic (exact) mass is 281 g/mol. The topological polar surface area (TPSA) is 37.8 Å². The summed E-state index contributed by atoms with van der Waals surface area (Å²) in [5, 5.41) is 9.61. The maximum absolute atomic E-state index is 4.08. The minimum atomic E-state index is 0.166. The Balaban J connectivity index is 1.84. The third-order valence-electron chi connectivity index (χ3n) is 3.16. The smallest absolute Gasteiger partial charge is 0.0893 e. The number of aromatic nitrogens is 2. The van der Waals surface area contributed by atoms with Crippen LogP contribution in [0.25, 0.3) is 0 Å². The lowest BCUT2D eigenvalue weighted by Crippen LogP contribution is -2.22. The third kappa shape index (κ3) is 3.10. The van der Waals surface area contributed by atoms with Gasteiger partial charge in [-0.15, -0.1) is 5.10 Å². The van der Waals surface area contributed by atoms with Crippen LogP contribution >= 0.6 is 11.5 Å². The van der Waals surface area contributed by atoms with Crippen molar-refractivity contribution in [3.05, 3.63) is 82.9 Å². The van der Waals surface area contributed by atoms with Gasteiger partial charge in [0.1, 0.15) is 0 Å². The molecule has 0 spiro atoms. The molecule has 0 fully saturated rings. The number of hydrogen-bond donors (Lipinski definition) is 1. The van der Waals surface area contributed by atoms with Crippen LogP contribution in [0, 0.1) is 0 Å². The Kier molecular flexibility index (Phi) is 4.16. The van der Waals surface area contributed by atoms with Crippen molar-refractivity contribution in [2.24, 2.45) is 0 Å². The van der Waals surface area contributed by atoms with Crippen LogP contribution in [0.4, 0.5) is 0 Å². The lowest BCUT2D eigenvalue weighted by Gasteiger charge is -2.19. The zero-order valence-electron chi connectivity index (χ0n) is 10.9. The van der Waals surface area contributed by atoms with Crippen LogP contribution in [0.1, 0.15) is 22.9 Å². The van der Waals surface area contributed by atoms with Crippen LogP contribution in [0.3, 0.4) is 0 Å². The summed E-state index contributed by atoms with van der Waals surface area (Å²) in [5.41, 5.74) is 3.48. The van der Waals surface area contributed by atoms with E-state index in [1.807, 2.05) is 17.5 Å². The molecule has 3 nitrogen and oxygen atoms in total. The largest absolute Gasteiger partial charge is 0.300 e. The maximum atomic E-state index is 4.08. The molecule has 0 bridgehead atoms. The summed E-state index contributed by atoms with van der Waals surface area (Å²) in [7, 11) is 0. The van der Waals surface area contributed by atoms with Crippen LogP contribution in [-0.4, -0.2) is 9.59 Å². The molecule has 0 aliphatic heterocycles. The Labute approximate surface area is 122 Å². The molecule has 3 rings (SSSR count). The summed E-state index contributed by atoms with van der Waals surface area (Å²) < 4.78 is 3.90. The minimum absolute atomic E-state index is 0.166. The first-order valence-corrected chi connectivity index (χ1v) is 7.36. The van der Waals surface area contributed by atoms with Gasteiger partial charge in [-0.3, -0.25) is 0 Å². The SMILES string of the molecule is c1ccc(C(NCc2csnn2)c2ccccc2)cc1. The highest BCUT2D eigenvalue weighted by atomic mass is 32.1. The Bertz CT molecular complexity index is 584. The lowest BCUT2D eigenvalue weighted by atomic mass is 9.99. The predicted molar refractivity (Wildman–Crippen MR) is 81.5 cm³/mol. The first kappa shape index (κ1) is 13.0. The van der Waals surface area contributed by atoms with Crippen molar-refractivity contribution >= 4 is 11.5 Å². The van der Waals surface area contributed by atoms with E-state index in [0.29, 0.717) is 6.54 Å². The molecule has 0 unspecified atom stereocenters. The van der Waals surface area contributed by atoms with E-state index in [0.717, 1.165) is 5.69 Å². The van der Waals surface area contributed by atoms with Crippen LogP contribution in [0.2, 0.25) is 0 Å². The predicted octanol–water partition coefficient (Wildman–Crippen LogP) is 3.42. The molecule has 0 amide bonds. The summed E-state index contributed by atoms with van der Waals surface area (Å²) in [4.78, 5) is 0. The first-order valence-electron chi connectivity index (χ1n) is 6.53. The molecule has 0 saturated carbocycles. The molecular formula is C16H15N3S. The van der Waals surface area contributed by atoms with Gasteiger partial charge in [0, 0.05) is 11.9 Å². The second-order valence-electron chi connectivity index (χ2n) is 4.53. The third-order valence-corrected chi connectivity index (χ3v) is 3.71. The highest BCUT2D eigenvalue weighted by Crippen LogP contribution is 2.22. The van der Waals surface area contributed by atoms with Crippen molar-refractivity contribution in [3.63, 3.8) is 0 Å². The number of nitrogens with zero attached hydrogens (tertiary/aromatic N) is 2. The average molecular weight is 281 g/mol. The van der Waals surface area contributed by atoms with Gasteiger partial charge in [-0.1, -0.05) is 65.2 Å². The van der Waals surface area contributed by atoms with E-state index in [1.165, 1.54) is 22.7 Å². The van der Waals surface area contributed by atoms with Crippen molar-refractivity contribution in [2.75, 3.05) is 0 Å². The lowest BCUT2D eigenvalue weighted by molar-refractivity contribution is 0.596. The summed E-state index contributed by atoms with van der Waals surface area (Å²) in [6.45, 7) is 0.713. The van der Waals surface area contributed by atoms with E-state index in [-0.39, 0.29) is 6.04 Å². The molecular weight excluding hydrogens is 266 g/mol. The fourth-order valence-electron chi connectivity index (χ4n) is 2.19. The van der Waals surface area contributed by atoms with Gasteiger partial charge in [-0.25, -0.2) is 0 Å². The van der Waals surface area contributed by atoms with E-state index in [2.05, 4.69) is 63.4 Å². The number of hydrogen-bond acceptors (Lipinski definition) is 4. The number of nitrogens with one attached hydrogen (secondary N) is 1. The molecule has 1 heterocycles. The molecule has 0 atom stereocenters. The molecule has 0 aliphatic rings.